The molecule has 0 spiro atoms. The highest BCUT2D eigenvalue weighted by molar-refractivity contribution is 7.93. The summed E-state index contributed by atoms with van der Waals surface area (Å²) in [5, 5.41) is 13.2. The Bertz CT molecular complexity index is 1780. The van der Waals surface area contributed by atoms with Gasteiger partial charge in [0.25, 0.3) is 11.6 Å². The Labute approximate surface area is 238 Å². The van der Waals surface area contributed by atoms with Crippen molar-refractivity contribution in [1.82, 2.24) is 5.32 Å². The van der Waals surface area contributed by atoms with Crippen LogP contribution in [0.25, 0.3) is 6.08 Å². The molecule has 43 heavy (non-hydrogen) atoms. The van der Waals surface area contributed by atoms with Gasteiger partial charge in [-0.05, 0) is 42.8 Å². The Balaban J connectivity index is 1.84. The summed E-state index contributed by atoms with van der Waals surface area (Å²) in [4.78, 5) is 46.5. The largest absolute Gasteiger partial charge is 0.423 e. The molecule has 0 aliphatic rings. The number of nitrogens with zero attached hydrogens (tertiary/aromatic N) is 1. The number of hydrogen-bond acceptors (Lipinski definition) is 9. The van der Waals surface area contributed by atoms with Crippen molar-refractivity contribution < 1.29 is 59.2 Å². The maximum atomic E-state index is 13.9. The van der Waals surface area contributed by atoms with Crippen LogP contribution in [0.15, 0.2) is 41.8 Å². The normalized spacial score (nSPS) is 11.3. The SMILES string of the molecule is CC(=O)Oc1ccc(C=CS(=O)(=O)Cc2c(F)c(F)c(F)c(F)c2F)cc1OC(=O)NC(=O)c1ccc([N+](=O)[O-])c(C)c1. The van der Waals surface area contributed by atoms with Gasteiger partial charge >= 0.3 is 12.1 Å². The highest BCUT2D eigenvalue weighted by atomic mass is 32.2. The van der Waals surface area contributed by atoms with Crippen LogP contribution in [0, 0.1) is 46.1 Å². The molecule has 11 nitrogen and oxygen atoms in total. The first-order chi connectivity index (χ1) is 20.0. The van der Waals surface area contributed by atoms with Gasteiger partial charge in [-0.25, -0.2) is 35.2 Å². The van der Waals surface area contributed by atoms with Gasteiger partial charge in [0.05, 0.1) is 10.7 Å². The molecule has 0 heterocycles. The summed E-state index contributed by atoms with van der Waals surface area (Å²) >= 11 is 0. The lowest BCUT2D eigenvalue weighted by Gasteiger charge is -2.11. The summed E-state index contributed by atoms with van der Waals surface area (Å²) in [5.41, 5.74) is -1.96. The third-order valence-corrected chi connectivity index (χ3v) is 6.65. The van der Waals surface area contributed by atoms with E-state index in [1.807, 2.05) is 5.32 Å². The van der Waals surface area contributed by atoms with Gasteiger partial charge in [-0.3, -0.25) is 25.0 Å². The molecule has 0 saturated carbocycles. The van der Waals surface area contributed by atoms with E-state index in [2.05, 4.69) is 0 Å². The van der Waals surface area contributed by atoms with Gasteiger partial charge in [-0.1, -0.05) is 6.07 Å². The number of nitro groups is 1. The molecular formula is C26H17F5N2O9S. The highest BCUT2D eigenvalue weighted by Gasteiger charge is 2.28. The molecule has 17 heteroatoms. The summed E-state index contributed by atoms with van der Waals surface area (Å²) in [7, 11) is -4.66. The lowest BCUT2D eigenvalue weighted by Crippen LogP contribution is -2.33. The lowest BCUT2D eigenvalue weighted by atomic mass is 10.1. The van der Waals surface area contributed by atoms with Gasteiger partial charge in [0.2, 0.25) is 5.82 Å². The molecule has 0 fully saturated rings. The number of sulfone groups is 1. The first kappa shape index (κ1) is 32.3. The monoisotopic (exact) mass is 628 g/mol. The molecule has 226 valence electrons. The third-order valence-electron chi connectivity index (χ3n) is 5.41. The molecule has 0 aromatic heterocycles. The van der Waals surface area contributed by atoms with Crippen molar-refractivity contribution in [3.8, 4) is 11.5 Å². The molecule has 0 aliphatic heterocycles. The Morgan fingerprint density at radius 2 is 1.51 bits per heavy atom. The van der Waals surface area contributed by atoms with Crippen LogP contribution in [0.1, 0.15) is 34.0 Å². The Kier molecular flexibility index (Phi) is 9.60. The first-order valence-electron chi connectivity index (χ1n) is 11.5. The number of rotatable bonds is 8. The Morgan fingerprint density at radius 3 is 2.07 bits per heavy atom. The van der Waals surface area contributed by atoms with Gasteiger partial charge in [0, 0.05) is 35.1 Å². The maximum Gasteiger partial charge on any atom is 0.419 e. The minimum Gasteiger partial charge on any atom is -0.423 e. The van der Waals surface area contributed by atoms with Crippen LogP contribution in [0.5, 0.6) is 11.5 Å². The molecule has 0 bridgehead atoms. The van der Waals surface area contributed by atoms with Crippen molar-refractivity contribution in [2.75, 3.05) is 0 Å². The fourth-order valence-corrected chi connectivity index (χ4v) is 4.56. The maximum absolute atomic E-state index is 13.9. The molecule has 0 aliphatic carbocycles. The molecule has 0 atom stereocenters. The molecule has 3 aromatic carbocycles. The zero-order chi connectivity index (χ0) is 32.2. The van der Waals surface area contributed by atoms with Crippen LogP contribution in [-0.2, 0) is 20.4 Å². The number of nitro benzene ring substituents is 1. The van der Waals surface area contributed by atoms with Crippen LogP contribution in [0.3, 0.4) is 0 Å². The molecular weight excluding hydrogens is 611 g/mol. The molecule has 0 radical (unpaired) electrons. The highest BCUT2D eigenvalue weighted by Crippen LogP contribution is 2.30. The summed E-state index contributed by atoms with van der Waals surface area (Å²) in [6.07, 6.45) is -0.594. The van der Waals surface area contributed by atoms with Gasteiger partial charge in [-0.2, -0.15) is 0 Å². The second-order valence-corrected chi connectivity index (χ2v) is 10.4. The van der Waals surface area contributed by atoms with Gasteiger partial charge < -0.3 is 9.47 Å². The third kappa shape index (κ3) is 7.76. The van der Waals surface area contributed by atoms with E-state index in [4.69, 9.17) is 9.47 Å². The van der Waals surface area contributed by atoms with E-state index in [9.17, 15) is 54.9 Å². The summed E-state index contributed by atoms with van der Waals surface area (Å²) < 4.78 is 103. The van der Waals surface area contributed by atoms with Crippen molar-refractivity contribution in [3.05, 3.63) is 103 Å². The van der Waals surface area contributed by atoms with E-state index in [0.29, 0.717) is 5.41 Å². The summed E-state index contributed by atoms with van der Waals surface area (Å²) in [5.74, 6) is -16.1. The number of nitrogens with one attached hydrogen (secondary N) is 1. The minimum atomic E-state index is -4.66. The fourth-order valence-electron chi connectivity index (χ4n) is 3.45. The lowest BCUT2D eigenvalue weighted by molar-refractivity contribution is -0.385. The average molecular weight is 628 g/mol. The van der Waals surface area contributed by atoms with Crippen LogP contribution < -0.4 is 14.8 Å². The molecule has 0 saturated heterocycles. The van der Waals surface area contributed by atoms with E-state index in [-0.39, 0.29) is 28.1 Å². The summed E-state index contributed by atoms with van der Waals surface area (Å²) in [6.45, 7) is 2.37. The van der Waals surface area contributed by atoms with E-state index in [0.717, 1.165) is 49.4 Å². The van der Waals surface area contributed by atoms with Crippen molar-refractivity contribution in [3.63, 3.8) is 0 Å². The number of benzene rings is 3. The number of aryl methyl sites for hydroxylation is 1. The number of carbonyl (C=O) groups is 3. The number of halogens is 5. The molecule has 3 rings (SSSR count). The zero-order valence-corrected chi connectivity index (χ0v) is 22.6. The van der Waals surface area contributed by atoms with Crippen molar-refractivity contribution >= 4 is 39.6 Å². The van der Waals surface area contributed by atoms with Gasteiger partial charge in [0.1, 0.15) is 0 Å². The molecule has 3 aromatic rings. The van der Waals surface area contributed by atoms with E-state index >= 15 is 0 Å². The standard InChI is InChI=1S/C26H17F5N2O9S/c1-12-9-15(4-5-17(12)33(37)38)25(35)32-26(36)42-19-10-14(3-6-18(19)41-13(2)34)7-8-43(39,40)11-16-20(27)22(29)24(31)23(30)21(16)28/h3-10H,11H2,1-2H3,(H,32,35,36). The van der Waals surface area contributed by atoms with Gasteiger partial charge in [0.15, 0.2) is 44.6 Å². The molecule has 2 amide bonds. The molecule has 0 unspecified atom stereocenters. The van der Waals surface area contributed by atoms with Crippen molar-refractivity contribution in [2.45, 2.75) is 19.6 Å². The summed E-state index contributed by atoms with van der Waals surface area (Å²) in [6, 6.07) is 6.44. The van der Waals surface area contributed by atoms with Crippen LogP contribution >= 0.6 is 0 Å². The molecule has 1 N–H and O–H groups in total. The van der Waals surface area contributed by atoms with E-state index in [1.165, 1.54) is 6.92 Å². The minimum absolute atomic E-state index is 0.0861. The zero-order valence-electron chi connectivity index (χ0n) is 21.7. The second-order valence-electron chi connectivity index (χ2n) is 8.56. The number of ether oxygens (including phenoxy) is 2. The number of amides is 2. The predicted octanol–water partition coefficient (Wildman–Crippen LogP) is 5.04. The Hall–Kier alpha value is -5.19. The Morgan fingerprint density at radius 1 is 0.907 bits per heavy atom. The number of imide groups is 1. The quantitative estimate of drug-likeness (QED) is 0.0686. The van der Waals surface area contributed by atoms with E-state index < -0.39 is 78.9 Å². The van der Waals surface area contributed by atoms with E-state index in [1.54, 1.807) is 0 Å². The predicted molar refractivity (Wildman–Crippen MR) is 137 cm³/mol. The number of carbonyl (C=O) groups excluding carboxylic acids is 3. The smallest absolute Gasteiger partial charge is 0.419 e. The number of esters is 1. The van der Waals surface area contributed by atoms with Crippen molar-refractivity contribution in [1.29, 1.82) is 0 Å². The number of hydrogen-bond donors (Lipinski definition) is 1. The topological polar surface area (TPSA) is 159 Å². The van der Waals surface area contributed by atoms with Crippen LogP contribution in [0.4, 0.5) is 32.4 Å². The first-order valence-corrected chi connectivity index (χ1v) is 13.2. The van der Waals surface area contributed by atoms with Crippen molar-refractivity contribution in [2.24, 2.45) is 0 Å². The average Bonchev–Trinajstić information content (AvgIpc) is 2.92. The fraction of sp³-hybridized carbons (Fsp3) is 0.115. The van der Waals surface area contributed by atoms with Gasteiger partial charge in [-0.15, -0.1) is 0 Å². The van der Waals surface area contributed by atoms with Crippen LogP contribution in [0.2, 0.25) is 0 Å². The second kappa shape index (κ2) is 12.8. The van der Waals surface area contributed by atoms with Crippen LogP contribution in [-0.4, -0.2) is 31.3 Å².